The van der Waals surface area contributed by atoms with Crippen molar-refractivity contribution in [2.45, 2.75) is 12.0 Å². The van der Waals surface area contributed by atoms with Crippen molar-refractivity contribution >= 4 is 17.8 Å². The largest absolute Gasteiger partial charge is 0.489 e. The van der Waals surface area contributed by atoms with Crippen molar-refractivity contribution in [1.29, 1.82) is 0 Å². The van der Waals surface area contributed by atoms with Crippen LogP contribution in [0.15, 0.2) is 54.6 Å². The van der Waals surface area contributed by atoms with Crippen molar-refractivity contribution in [2.24, 2.45) is 0 Å². The third-order valence-corrected chi connectivity index (χ3v) is 5.18. The van der Waals surface area contributed by atoms with Crippen molar-refractivity contribution in [2.75, 3.05) is 26.4 Å². The molecule has 2 aromatic rings. The van der Waals surface area contributed by atoms with Crippen molar-refractivity contribution in [1.82, 2.24) is 9.80 Å². The molecule has 1 fully saturated rings. The van der Waals surface area contributed by atoms with Gasteiger partial charge in [-0.2, -0.15) is 0 Å². The van der Waals surface area contributed by atoms with Gasteiger partial charge >= 0.3 is 6.03 Å². The second-order valence-electron chi connectivity index (χ2n) is 5.91. The average Bonchev–Trinajstić information content (AvgIpc) is 3.09. The van der Waals surface area contributed by atoms with Crippen molar-refractivity contribution < 1.29 is 9.53 Å². The topological polar surface area (TPSA) is 32.8 Å². The minimum atomic E-state index is 0.00636. The molecule has 1 aliphatic heterocycles. The summed E-state index contributed by atoms with van der Waals surface area (Å²) in [6.45, 7) is 1.29. The maximum atomic E-state index is 12.4. The number of amides is 2. The molecule has 1 aliphatic rings. The van der Waals surface area contributed by atoms with Crippen LogP contribution < -0.4 is 4.74 Å². The molecule has 0 spiro atoms. The van der Waals surface area contributed by atoms with E-state index in [1.54, 1.807) is 30.8 Å². The van der Waals surface area contributed by atoms with Gasteiger partial charge in [-0.1, -0.05) is 48.5 Å². The Morgan fingerprint density at radius 2 is 1.88 bits per heavy atom. The highest BCUT2D eigenvalue weighted by molar-refractivity contribution is 7.99. The Hall–Kier alpha value is -2.14. The highest BCUT2D eigenvalue weighted by Gasteiger charge is 2.33. The summed E-state index contributed by atoms with van der Waals surface area (Å²) in [6, 6.07) is 18.2. The van der Waals surface area contributed by atoms with E-state index in [1.165, 1.54) is 0 Å². The molecule has 0 bridgehead atoms. The zero-order valence-corrected chi connectivity index (χ0v) is 14.8. The lowest BCUT2D eigenvalue weighted by atomic mass is 10.1. The van der Waals surface area contributed by atoms with Gasteiger partial charge in [0, 0.05) is 32.0 Å². The molecule has 1 heterocycles. The summed E-state index contributed by atoms with van der Waals surface area (Å²) in [7, 11) is 3.58. The fraction of sp³-hybridized carbons (Fsp3) is 0.316. The van der Waals surface area contributed by atoms with E-state index in [2.05, 4.69) is 18.2 Å². The van der Waals surface area contributed by atoms with Gasteiger partial charge in [0.15, 0.2) is 0 Å². The molecule has 3 rings (SSSR count). The number of urea groups is 1. The van der Waals surface area contributed by atoms with Gasteiger partial charge in [-0.05, 0) is 11.6 Å². The highest BCUT2D eigenvalue weighted by Crippen LogP contribution is 2.42. The highest BCUT2D eigenvalue weighted by atomic mass is 32.2. The molecule has 1 unspecified atom stereocenters. The maximum Gasteiger partial charge on any atom is 0.320 e. The third kappa shape index (κ3) is 3.67. The molecular weight excluding hydrogens is 320 g/mol. The summed E-state index contributed by atoms with van der Waals surface area (Å²) in [6.07, 6.45) is 0. The summed E-state index contributed by atoms with van der Waals surface area (Å²) in [4.78, 5) is 16.0. The summed E-state index contributed by atoms with van der Waals surface area (Å²) >= 11 is 1.78. The molecule has 24 heavy (non-hydrogen) atoms. The number of rotatable bonds is 4. The number of thioether (sulfide) groups is 1. The Labute approximate surface area is 147 Å². The number of nitrogens with zero attached hydrogens (tertiary/aromatic N) is 2. The van der Waals surface area contributed by atoms with Gasteiger partial charge in [0.2, 0.25) is 0 Å². The van der Waals surface area contributed by atoms with Crippen molar-refractivity contribution in [3.63, 3.8) is 0 Å². The van der Waals surface area contributed by atoms with Gasteiger partial charge in [0.05, 0.1) is 0 Å². The monoisotopic (exact) mass is 342 g/mol. The van der Waals surface area contributed by atoms with Crippen LogP contribution >= 0.6 is 11.8 Å². The molecule has 2 aromatic carbocycles. The smallest absolute Gasteiger partial charge is 0.320 e. The molecule has 0 N–H and O–H groups in total. The molecule has 1 saturated heterocycles. The number of para-hydroxylation sites is 1. The Morgan fingerprint density at radius 1 is 1.17 bits per heavy atom. The molecule has 2 amide bonds. The molecule has 126 valence electrons. The molecule has 0 radical (unpaired) electrons. The zero-order chi connectivity index (χ0) is 16.9. The summed E-state index contributed by atoms with van der Waals surface area (Å²) in [5.41, 5.74) is 2.19. The van der Waals surface area contributed by atoms with Gasteiger partial charge in [0.25, 0.3) is 0 Å². The van der Waals surface area contributed by atoms with Crippen LogP contribution in [0.5, 0.6) is 5.75 Å². The number of benzene rings is 2. The van der Waals surface area contributed by atoms with Gasteiger partial charge in [-0.15, -0.1) is 11.8 Å². The number of hydrogen-bond donors (Lipinski definition) is 0. The number of hydrogen-bond acceptors (Lipinski definition) is 3. The van der Waals surface area contributed by atoms with Gasteiger partial charge in [-0.3, -0.25) is 0 Å². The zero-order valence-electron chi connectivity index (χ0n) is 14.0. The molecule has 5 heteroatoms. The Morgan fingerprint density at radius 3 is 2.62 bits per heavy atom. The maximum absolute atomic E-state index is 12.4. The Bertz CT molecular complexity index is 691. The van der Waals surface area contributed by atoms with Crippen LogP contribution in [-0.2, 0) is 6.61 Å². The molecule has 1 atom stereocenters. The van der Waals surface area contributed by atoms with Crippen LogP contribution in [-0.4, -0.2) is 42.2 Å². The van der Waals surface area contributed by atoms with Crippen LogP contribution in [0, 0.1) is 0 Å². The lowest BCUT2D eigenvalue weighted by Gasteiger charge is -2.28. The quantitative estimate of drug-likeness (QED) is 0.842. The van der Waals surface area contributed by atoms with E-state index in [0.717, 1.165) is 29.2 Å². The average molecular weight is 342 g/mol. The minimum Gasteiger partial charge on any atom is -0.489 e. The molecule has 0 aliphatic carbocycles. The second kappa shape index (κ2) is 7.62. The first kappa shape index (κ1) is 16.7. The standard InChI is InChI=1S/C19H22N2O2S/c1-20(2)19(22)21-12-13-24-18(21)16-10-6-7-11-17(16)23-14-15-8-4-3-5-9-15/h3-11,18H,12-14H2,1-2H3. The molecule has 0 saturated carbocycles. The van der Waals surface area contributed by atoms with Crippen LogP contribution in [0.2, 0.25) is 0 Å². The Kier molecular flexibility index (Phi) is 5.30. The fourth-order valence-electron chi connectivity index (χ4n) is 2.73. The third-order valence-electron chi connectivity index (χ3n) is 3.94. The number of ether oxygens (including phenoxy) is 1. The van der Waals surface area contributed by atoms with Crippen LogP contribution in [0.25, 0.3) is 0 Å². The van der Waals surface area contributed by atoms with Crippen molar-refractivity contribution in [3.8, 4) is 5.75 Å². The van der Waals surface area contributed by atoms with Gasteiger partial charge < -0.3 is 14.5 Å². The van der Waals surface area contributed by atoms with Crippen LogP contribution in [0.1, 0.15) is 16.5 Å². The molecule has 0 aromatic heterocycles. The van der Waals surface area contributed by atoms with E-state index in [9.17, 15) is 4.79 Å². The van der Waals surface area contributed by atoms with E-state index in [-0.39, 0.29) is 11.4 Å². The van der Waals surface area contributed by atoms with Crippen LogP contribution in [0.4, 0.5) is 4.79 Å². The summed E-state index contributed by atoms with van der Waals surface area (Å²) in [5.74, 6) is 1.79. The summed E-state index contributed by atoms with van der Waals surface area (Å²) < 4.78 is 6.06. The minimum absolute atomic E-state index is 0.00636. The van der Waals surface area contributed by atoms with E-state index in [4.69, 9.17) is 4.74 Å². The Balaban J connectivity index is 1.79. The predicted molar refractivity (Wildman–Crippen MR) is 98.2 cm³/mol. The first-order valence-electron chi connectivity index (χ1n) is 8.02. The summed E-state index contributed by atoms with van der Waals surface area (Å²) in [5, 5.41) is 0.00636. The lowest BCUT2D eigenvalue weighted by molar-refractivity contribution is 0.172. The number of carbonyl (C=O) groups is 1. The van der Waals surface area contributed by atoms with Gasteiger partial charge in [-0.25, -0.2) is 4.79 Å². The second-order valence-corrected chi connectivity index (χ2v) is 7.09. The molecular formula is C19H22N2O2S. The molecule has 4 nitrogen and oxygen atoms in total. The van der Waals surface area contributed by atoms with Gasteiger partial charge in [0.1, 0.15) is 17.7 Å². The predicted octanol–water partition coefficient (Wildman–Crippen LogP) is 3.99. The van der Waals surface area contributed by atoms with E-state index >= 15 is 0 Å². The van der Waals surface area contributed by atoms with E-state index < -0.39 is 0 Å². The van der Waals surface area contributed by atoms with E-state index in [1.807, 2.05) is 41.3 Å². The normalized spacial score (nSPS) is 16.9. The SMILES string of the molecule is CN(C)C(=O)N1CCSC1c1ccccc1OCc1ccccc1. The van der Waals surface area contributed by atoms with E-state index in [0.29, 0.717) is 6.61 Å². The lowest BCUT2D eigenvalue weighted by Crippen LogP contribution is -2.38. The first-order chi connectivity index (χ1) is 11.7. The fourth-order valence-corrected chi connectivity index (χ4v) is 4.01. The van der Waals surface area contributed by atoms with Crippen LogP contribution in [0.3, 0.4) is 0 Å². The van der Waals surface area contributed by atoms with Crippen molar-refractivity contribution in [3.05, 3.63) is 65.7 Å². The number of carbonyl (C=O) groups excluding carboxylic acids is 1. The first-order valence-corrected chi connectivity index (χ1v) is 9.07.